The predicted molar refractivity (Wildman–Crippen MR) is 228 cm³/mol. The Labute approximate surface area is 309 Å². The number of rotatable bonds is 3. The average Bonchev–Trinajstić information content (AvgIpc) is 3.44. The maximum absolute atomic E-state index is 2.47. The molecule has 0 heterocycles. The van der Waals surface area contributed by atoms with Gasteiger partial charge in [-0.1, -0.05) is 178 Å². The summed E-state index contributed by atoms with van der Waals surface area (Å²) >= 11 is 0. The third-order valence-electron chi connectivity index (χ3n) is 12.0. The smallest absolute Gasteiger partial charge is 0.0158 e. The highest BCUT2D eigenvalue weighted by molar-refractivity contribution is 6.28. The molecule has 0 spiro atoms. The van der Waals surface area contributed by atoms with Crippen LogP contribution in [-0.4, -0.2) is 0 Å². The van der Waals surface area contributed by atoms with Gasteiger partial charge >= 0.3 is 0 Å². The fourth-order valence-electron chi connectivity index (χ4n) is 9.56. The molecule has 0 radical (unpaired) electrons. The molecular formula is C53H36. The SMILES string of the molecule is CC1(C)c2ccccc2-c2cc(-c3c4ccccc4c(-c4c5ccccc5cc5ccccc45)c4ccc(-c5cccc6ccccc56)cc34)ccc21. The maximum Gasteiger partial charge on any atom is 0.0158 e. The molecule has 0 aliphatic heterocycles. The number of fused-ring (bicyclic) bond motifs is 8. The molecule has 0 unspecified atom stereocenters. The first-order valence-electron chi connectivity index (χ1n) is 18.7. The van der Waals surface area contributed by atoms with Crippen LogP contribution in [0.4, 0.5) is 0 Å². The summed E-state index contributed by atoms with van der Waals surface area (Å²) in [5, 5.41) is 12.7. The molecule has 0 amide bonds. The molecule has 10 aromatic rings. The van der Waals surface area contributed by atoms with Crippen LogP contribution in [0.15, 0.2) is 182 Å². The van der Waals surface area contributed by atoms with Crippen LogP contribution in [0.1, 0.15) is 25.0 Å². The minimum absolute atomic E-state index is 0.0462. The van der Waals surface area contributed by atoms with Gasteiger partial charge in [-0.05, 0) is 128 Å². The maximum atomic E-state index is 2.47. The van der Waals surface area contributed by atoms with E-state index in [9.17, 15) is 0 Å². The zero-order valence-electron chi connectivity index (χ0n) is 29.8. The van der Waals surface area contributed by atoms with Gasteiger partial charge in [-0.25, -0.2) is 0 Å². The predicted octanol–water partition coefficient (Wildman–Crippen LogP) is 14.8. The molecule has 53 heavy (non-hydrogen) atoms. The Kier molecular flexibility index (Phi) is 6.40. The summed E-state index contributed by atoms with van der Waals surface area (Å²) in [6, 6.07) is 68.1. The summed E-state index contributed by atoms with van der Waals surface area (Å²) in [5.41, 5.74) is 13.1. The number of hydrogen-bond acceptors (Lipinski definition) is 0. The van der Waals surface area contributed by atoms with E-state index in [2.05, 4.69) is 196 Å². The van der Waals surface area contributed by atoms with Gasteiger partial charge in [0.15, 0.2) is 0 Å². The summed E-state index contributed by atoms with van der Waals surface area (Å²) in [6.07, 6.45) is 0. The molecule has 0 N–H and O–H groups in total. The van der Waals surface area contributed by atoms with Crippen LogP contribution in [0.3, 0.4) is 0 Å². The molecule has 10 aromatic carbocycles. The van der Waals surface area contributed by atoms with Crippen molar-refractivity contribution in [3.8, 4) is 44.5 Å². The van der Waals surface area contributed by atoms with Gasteiger partial charge in [-0.2, -0.15) is 0 Å². The summed E-state index contributed by atoms with van der Waals surface area (Å²) in [4.78, 5) is 0. The van der Waals surface area contributed by atoms with E-state index in [0.29, 0.717) is 0 Å². The van der Waals surface area contributed by atoms with E-state index in [1.54, 1.807) is 0 Å². The van der Waals surface area contributed by atoms with Crippen molar-refractivity contribution in [2.75, 3.05) is 0 Å². The molecule has 11 rings (SSSR count). The van der Waals surface area contributed by atoms with Crippen molar-refractivity contribution in [2.24, 2.45) is 0 Å². The van der Waals surface area contributed by atoms with E-state index in [-0.39, 0.29) is 5.41 Å². The van der Waals surface area contributed by atoms with Gasteiger partial charge in [0.2, 0.25) is 0 Å². The highest BCUT2D eigenvalue weighted by Gasteiger charge is 2.35. The van der Waals surface area contributed by atoms with Crippen molar-refractivity contribution in [3.63, 3.8) is 0 Å². The zero-order chi connectivity index (χ0) is 35.3. The zero-order valence-corrected chi connectivity index (χ0v) is 29.8. The molecule has 248 valence electrons. The molecule has 0 atom stereocenters. The van der Waals surface area contributed by atoms with Crippen LogP contribution < -0.4 is 0 Å². The van der Waals surface area contributed by atoms with Crippen LogP contribution in [0, 0.1) is 0 Å². The number of benzene rings is 10. The molecular weight excluding hydrogens is 637 g/mol. The minimum atomic E-state index is -0.0462. The van der Waals surface area contributed by atoms with Crippen molar-refractivity contribution in [1.82, 2.24) is 0 Å². The van der Waals surface area contributed by atoms with Crippen LogP contribution >= 0.6 is 0 Å². The van der Waals surface area contributed by atoms with Crippen molar-refractivity contribution in [3.05, 3.63) is 193 Å². The van der Waals surface area contributed by atoms with Crippen LogP contribution in [0.5, 0.6) is 0 Å². The molecule has 1 aliphatic rings. The third-order valence-corrected chi connectivity index (χ3v) is 12.0. The van der Waals surface area contributed by atoms with E-state index < -0.39 is 0 Å². The first-order chi connectivity index (χ1) is 26.1. The Hall–Kier alpha value is -6.50. The van der Waals surface area contributed by atoms with Crippen LogP contribution in [-0.2, 0) is 5.41 Å². The van der Waals surface area contributed by atoms with Crippen molar-refractivity contribution in [1.29, 1.82) is 0 Å². The molecule has 0 saturated heterocycles. The first kappa shape index (κ1) is 30.2. The van der Waals surface area contributed by atoms with Crippen molar-refractivity contribution in [2.45, 2.75) is 19.3 Å². The topological polar surface area (TPSA) is 0 Å². The Balaban J connectivity index is 1.31. The average molecular weight is 673 g/mol. The summed E-state index contributed by atoms with van der Waals surface area (Å²) < 4.78 is 0. The Morgan fingerprint density at radius 1 is 0.283 bits per heavy atom. The van der Waals surface area contributed by atoms with E-state index in [1.807, 2.05) is 0 Å². The first-order valence-corrected chi connectivity index (χ1v) is 18.7. The lowest BCUT2D eigenvalue weighted by Gasteiger charge is -2.23. The van der Waals surface area contributed by atoms with Gasteiger partial charge in [0.05, 0.1) is 0 Å². The van der Waals surface area contributed by atoms with Gasteiger partial charge in [0.25, 0.3) is 0 Å². The largest absolute Gasteiger partial charge is 0.0619 e. The summed E-state index contributed by atoms with van der Waals surface area (Å²) in [7, 11) is 0. The van der Waals surface area contributed by atoms with E-state index in [0.717, 1.165) is 0 Å². The lowest BCUT2D eigenvalue weighted by atomic mass is 9.80. The monoisotopic (exact) mass is 672 g/mol. The quantitative estimate of drug-likeness (QED) is 0.164. The minimum Gasteiger partial charge on any atom is -0.0619 e. The van der Waals surface area contributed by atoms with Gasteiger partial charge < -0.3 is 0 Å². The summed E-state index contributed by atoms with van der Waals surface area (Å²) in [5.74, 6) is 0. The highest BCUT2D eigenvalue weighted by Crippen LogP contribution is 2.52. The Morgan fingerprint density at radius 2 is 0.792 bits per heavy atom. The lowest BCUT2D eigenvalue weighted by molar-refractivity contribution is 0.660. The molecule has 0 bridgehead atoms. The van der Waals surface area contributed by atoms with Gasteiger partial charge in [0.1, 0.15) is 0 Å². The lowest BCUT2D eigenvalue weighted by Crippen LogP contribution is -2.14. The van der Waals surface area contributed by atoms with E-state index in [4.69, 9.17) is 0 Å². The molecule has 0 nitrogen and oxygen atoms in total. The number of hydrogen-bond donors (Lipinski definition) is 0. The fraction of sp³-hybridized carbons (Fsp3) is 0.0566. The van der Waals surface area contributed by atoms with Gasteiger partial charge in [-0.3, -0.25) is 0 Å². The van der Waals surface area contributed by atoms with Gasteiger partial charge in [0, 0.05) is 5.41 Å². The third kappa shape index (κ3) is 4.36. The Bertz CT molecular complexity index is 3080. The summed E-state index contributed by atoms with van der Waals surface area (Å²) in [6.45, 7) is 4.73. The van der Waals surface area contributed by atoms with Crippen molar-refractivity contribution < 1.29 is 0 Å². The normalized spacial score (nSPS) is 13.2. The molecule has 1 aliphatic carbocycles. The Morgan fingerprint density at radius 3 is 1.55 bits per heavy atom. The molecule has 0 saturated carbocycles. The molecule has 0 heteroatoms. The highest BCUT2D eigenvalue weighted by atomic mass is 14.4. The fourth-order valence-corrected chi connectivity index (χ4v) is 9.56. The van der Waals surface area contributed by atoms with E-state index in [1.165, 1.54) is 109 Å². The second kappa shape index (κ2) is 11.2. The van der Waals surface area contributed by atoms with Crippen LogP contribution in [0.25, 0.3) is 98.4 Å². The van der Waals surface area contributed by atoms with Crippen LogP contribution in [0.2, 0.25) is 0 Å². The second-order valence-corrected chi connectivity index (χ2v) is 15.2. The second-order valence-electron chi connectivity index (χ2n) is 15.2. The van der Waals surface area contributed by atoms with E-state index >= 15 is 0 Å². The molecule has 0 aromatic heterocycles. The molecule has 0 fully saturated rings. The van der Waals surface area contributed by atoms with Gasteiger partial charge in [-0.15, -0.1) is 0 Å². The standard InChI is InChI=1S/C53H36/c1-53(2)48-25-12-11-21-42(48)46-32-37(27-29-49(46)53)50-43-22-9-10-23-44(43)52(51-40-19-7-4-15-34(40)30-35-16-5-8-20-41(35)51)45-28-26-36(31-47(45)50)39-24-13-17-33-14-3-6-18-38(33)39/h3-32H,1-2H3. The van der Waals surface area contributed by atoms with Crippen molar-refractivity contribution >= 4 is 53.9 Å².